The number of nitrogens with zero attached hydrogens (tertiary/aromatic N) is 1. The van der Waals surface area contributed by atoms with Gasteiger partial charge in [0, 0.05) is 23.1 Å². The van der Waals surface area contributed by atoms with Crippen LogP contribution < -0.4 is 5.32 Å². The molecule has 1 aliphatic carbocycles. The van der Waals surface area contributed by atoms with Crippen LogP contribution in [0.15, 0.2) is 51.8 Å². The number of benzene rings is 2. The summed E-state index contributed by atoms with van der Waals surface area (Å²) in [5.74, 6) is 0.155. The summed E-state index contributed by atoms with van der Waals surface area (Å²) < 4.78 is 33.3. The van der Waals surface area contributed by atoms with Gasteiger partial charge in [0.05, 0.1) is 24.2 Å². The lowest BCUT2D eigenvalue weighted by atomic mass is 10.0. The fraction of sp³-hybridized carbons (Fsp3) is 0.409. The molecule has 8 heteroatoms. The number of morpholine rings is 1. The Labute approximate surface area is 185 Å². The summed E-state index contributed by atoms with van der Waals surface area (Å²) >= 11 is 3.34. The predicted octanol–water partition coefficient (Wildman–Crippen LogP) is 3.66. The Hall–Kier alpha value is -1.74. The molecule has 1 saturated heterocycles. The fourth-order valence-electron chi connectivity index (χ4n) is 3.67. The third kappa shape index (κ3) is 4.61. The molecule has 1 amide bonds. The van der Waals surface area contributed by atoms with E-state index in [1.807, 2.05) is 19.1 Å². The molecule has 1 saturated carbocycles. The van der Waals surface area contributed by atoms with E-state index >= 15 is 0 Å². The first kappa shape index (κ1) is 21.5. The van der Waals surface area contributed by atoms with Crippen LogP contribution in [0.1, 0.15) is 40.4 Å². The topological polar surface area (TPSA) is 75.7 Å². The van der Waals surface area contributed by atoms with E-state index in [1.54, 1.807) is 12.1 Å². The maximum Gasteiger partial charge on any atom is 0.251 e. The van der Waals surface area contributed by atoms with E-state index in [0.29, 0.717) is 42.3 Å². The molecule has 0 bridgehead atoms. The number of aryl methyl sites for hydroxylation is 1. The van der Waals surface area contributed by atoms with Crippen LogP contribution in [0.3, 0.4) is 0 Å². The number of hydrogen-bond donors (Lipinski definition) is 1. The van der Waals surface area contributed by atoms with Gasteiger partial charge in [-0.3, -0.25) is 4.79 Å². The molecule has 0 spiro atoms. The molecule has 160 valence electrons. The van der Waals surface area contributed by atoms with Crippen molar-refractivity contribution in [3.8, 4) is 0 Å². The van der Waals surface area contributed by atoms with Crippen molar-refractivity contribution in [3.63, 3.8) is 0 Å². The Morgan fingerprint density at radius 3 is 2.43 bits per heavy atom. The lowest BCUT2D eigenvalue weighted by Gasteiger charge is -2.26. The largest absolute Gasteiger partial charge is 0.379 e. The number of nitrogens with one attached hydrogen (secondary N) is 1. The van der Waals surface area contributed by atoms with E-state index in [1.165, 1.54) is 15.9 Å². The van der Waals surface area contributed by atoms with Gasteiger partial charge in [0.25, 0.3) is 5.91 Å². The number of amides is 1. The van der Waals surface area contributed by atoms with E-state index in [4.69, 9.17) is 4.74 Å². The summed E-state index contributed by atoms with van der Waals surface area (Å²) in [7, 11) is -3.71. The molecule has 2 aromatic rings. The summed E-state index contributed by atoms with van der Waals surface area (Å²) in [5, 5.41) is 3.13. The zero-order valence-electron chi connectivity index (χ0n) is 16.8. The molecule has 2 aliphatic rings. The highest BCUT2D eigenvalue weighted by Gasteiger charge is 2.34. The molecule has 1 N–H and O–H groups in total. The van der Waals surface area contributed by atoms with Crippen LogP contribution in [0.5, 0.6) is 0 Å². The van der Waals surface area contributed by atoms with Gasteiger partial charge in [-0.15, -0.1) is 0 Å². The van der Waals surface area contributed by atoms with Crippen molar-refractivity contribution < 1.29 is 17.9 Å². The zero-order valence-corrected chi connectivity index (χ0v) is 19.2. The van der Waals surface area contributed by atoms with Crippen molar-refractivity contribution in [2.45, 2.75) is 30.7 Å². The maximum atomic E-state index is 13.1. The lowest BCUT2D eigenvalue weighted by molar-refractivity contribution is 0.0730. The lowest BCUT2D eigenvalue weighted by Crippen LogP contribution is -2.40. The van der Waals surface area contributed by atoms with Gasteiger partial charge >= 0.3 is 0 Å². The van der Waals surface area contributed by atoms with Gasteiger partial charge in [-0.25, -0.2) is 8.42 Å². The first-order valence-corrected chi connectivity index (χ1v) is 12.3. The molecule has 1 heterocycles. The van der Waals surface area contributed by atoms with Gasteiger partial charge in [0.15, 0.2) is 0 Å². The molecular formula is C22H25BrN2O4S. The third-order valence-electron chi connectivity index (χ3n) is 5.60. The monoisotopic (exact) mass is 492 g/mol. The summed E-state index contributed by atoms with van der Waals surface area (Å²) in [6.07, 6.45) is 2.16. The van der Waals surface area contributed by atoms with Gasteiger partial charge < -0.3 is 10.1 Å². The number of carbonyl (C=O) groups is 1. The minimum Gasteiger partial charge on any atom is -0.379 e. The Morgan fingerprint density at radius 2 is 1.80 bits per heavy atom. The molecular weight excluding hydrogens is 468 g/mol. The van der Waals surface area contributed by atoms with E-state index < -0.39 is 10.0 Å². The van der Waals surface area contributed by atoms with Gasteiger partial charge in [0.1, 0.15) is 0 Å². The van der Waals surface area contributed by atoms with Crippen molar-refractivity contribution in [1.29, 1.82) is 0 Å². The van der Waals surface area contributed by atoms with Gasteiger partial charge in [-0.2, -0.15) is 4.31 Å². The first-order chi connectivity index (χ1) is 14.4. The molecule has 1 unspecified atom stereocenters. The predicted molar refractivity (Wildman–Crippen MR) is 118 cm³/mol. The first-order valence-electron chi connectivity index (χ1n) is 10.1. The number of hydrogen-bond acceptors (Lipinski definition) is 4. The van der Waals surface area contributed by atoms with Crippen molar-refractivity contribution >= 4 is 31.9 Å². The zero-order chi connectivity index (χ0) is 21.3. The van der Waals surface area contributed by atoms with E-state index in [2.05, 4.69) is 33.4 Å². The van der Waals surface area contributed by atoms with Gasteiger partial charge in [-0.05, 0) is 65.4 Å². The third-order valence-corrected chi connectivity index (χ3v) is 8.49. The second kappa shape index (κ2) is 8.78. The van der Waals surface area contributed by atoms with Crippen molar-refractivity contribution in [2.75, 3.05) is 26.3 Å². The van der Waals surface area contributed by atoms with Crippen LogP contribution in [0.4, 0.5) is 0 Å². The van der Waals surface area contributed by atoms with Crippen LogP contribution in [0.2, 0.25) is 0 Å². The second-order valence-electron chi connectivity index (χ2n) is 7.86. The summed E-state index contributed by atoms with van der Waals surface area (Å²) in [5.41, 5.74) is 2.59. The molecule has 0 aromatic heterocycles. The Kier molecular flexibility index (Phi) is 6.29. The van der Waals surface area contributed by atoms with Crippen molar-refractivity contribution in [1.82, 2.24) is 9.62 Å². The highest BCUT2D eigenvalue weighted by Crippen LogP contribution is 2.41. The number of rotatable bonds is 6. The van der Waals surface area contributed by atoms with Crippen LogP contribution in [-0.4, -0.2) is 44.9 Å². The number of ether oxygens (including phenoxy) is 1. The quantitative estimate of drug-likeness (QED) is 0.667. The fourth-order valence-corrected chi connectivity index (χ4v) is 6.03. The summed E-state index contributed by atoms with van der Waals surface area (Å²) in [4.78, 5) is 13.1. The summed E-state index contributed by atoms with van der Waals surface area (Å²) in [6.45, 7) is 3.39. The molecule has 2 fully saturated rings. The molecule has 4 rings (SSSR count). The minimum absolute atomic E-state index is 0.0685. The number of carbonyl (C=O) groups excluding carboxylic acids is 1. The molecule has 2 aromatic carbocycles. The van der Waals surface area contributed by atoms with Gasteiger partial charge in [0.2, 0.25) is 10.0 Å². The minimum atomic E-state index is -3.71. The Balaban J connectivity index is 1.58. The summed E-state index contributed by atoms with van der Waals surface area (Å²) in [6, 6.07) is 12.9. The number of sulfonamides is 1. The highest BCUT2D eigenvalue weighted by atomic mass is 79.9. The Bertz CT molecular complexity index is 1030. The average Bonchev–Trinajstić information content (AvgIpc) is 3.58. The molecule has 1 aliphatic heterocycles. The van der Waals surface area contributed by atoms with Crippen LogP contribution in [0.25, 0.3) is 0 Å². The van der Waals surface area contributed by atoms with Crippen LogP contribution in [0, 0.1) is 12.8 Å². The van der Waals surface area contributed by atoms with E-state index in [0.717, 1.165) is 18.4 Å². The Morgan fingerprint density at radius 1 is 1.13 bits per heavy atom. The van der Waals surface area contributed by atoms with Crippen LogP contribution in [-0.2, 0) is 14.8 Å². The van der Waals surface area contributed by atoms with Gasteiger partial charge in [-0.1, -0.05) is 29.8 Å². The molecule has 30 heavy (non-hydrogen) atoms. The van der Waals surface area contributed by atoms with Crippen molar-refractivity contribution in [3.05, 3.63) is 63.6 Å². The highest BCUT2D eigenvalue weighted by molar-refractivity contribution is 9.10. The average molecular weight is 493 g/mol. The molecule has 1 atom stereocenters. The molecule has 0 radical (unpaired) electrons. The molecule has 6 nitrogen and oxygen atoms in total. The smallest absolute Gasteiger partial charge is 0.251 e. The number of halogens is 1. The van der Waals surface area contributed by atoms with Crippen LogP contribution >= 0.6 is 15.9 Å². The second-order valence-corrected chi connectivity index (χ2v) is 10.6. The normalized spacial score (nSPS) is 18.7. The van der Waals surface area contributed by atoms with E-state index in [9.17, 15) is 13.2 Å². The SMILES string of the molecule is Cc1ccc(C(NC(=O)c2ccc(Br)c(S(=O)(=O)N3CCOCC3)c2)C2CC2)cc1. The standard InChI is InChI=1S/C22H25BrN2O4S/c1-15-2-4-16(5-3-15)21(17-6-7-17)24-22(26)18-8-9-19(23)20(14-18)30(27,28)25-10-12-29-13-11-25/h2-5,8-9,14,17,21H,6-7,10-13H2,1H3,(H,24,26). The van der Waals surface area contributed by atoms with E-state index in [-0.39, 0.29) is 16.8 Å². The van der Waals surface area contributed by atoms with Crippen molar-refractivity contribution in [2.24, 2.45) is 5.92 Å². The maximum absolute atomic E-state index is 13.1.